The Bertz CT molecular complexity index is 538. The number of halogens is 2. The van der Waals surface area contributed by atoms with Gasteiger partial charge in [-0.3, -0.25) is 0 Å². The highest BCUT2D eigenvalue weighted by molar-refractivity contribution is 5.33. The van der Waals surface area contributed by atoms with Gasteiger partial charge in [0.25, 0.3) is 0 Å². The van der Waals surface area contributed by atoms with Crippen molar-refractivity contribution < 1.29 is 13.5 Å². The van der Waals surface area contributed by atoms with Crippen LogP contribution in [0.3, 0.4) is 0 Å². The Hall–Kier alpha value is -1.90. The summed E-state index contributed by atoms with van der Waals surface area (Å²) in [6.07, 6.45) is 0.835. The Balaban J connectivity index is 2.14. The fourth-order valence-electron chi connectivity index (χ4n) is 1.75. The summed E-state index contributed by atoms with van der Waals surface area (Å²) in [7, 11) is 0. The molecule has 0 radical (unpaired) electrons. The molecule has 0 aromatic heterocycles. The maximum absolute atomic E-state index is 13.4. The average Bonchev–Trinajstić information content (AvgIpc) is 2.40. The summed E-state index contributed by atoms with van der Waals surface area (Å²) in [6.45, 7) is 2.05. The van der Waals surface area contributed by atoms with Gasteiger partial charge < -0.3 is 4.74 Å². The van der Waals surface area contributed by atoms with Gasteiger partial charge in [0.15, 0.2) is 0 Å². The zero-order valence-corrected chi connectivity index (χ0v) is 10.1. The van der Waals surface area contributed by atoms with Crippen LogP contribution in [0, 0.1) is 11.6 Å². The molecule has 0 aliphatic carbocycles. The number of rotatable bonds is 4. The summed E-state index contributed by atoms with van der Waals surface area (Å²) in [5, 5.41) is 0. The van der Waals surface area contributed by atoms with Gasteiger partial charge in [0.2, 0.25) is 0 Å². The Morgan fingerprint density at radius 3 is 2.56 bits per heavy atom. The molecule has 2 aromatic rings. The van der Waals surface area contributed by atoms with Gasteiger partial charge >= 0.3 is 0 Å². The SMILES string of the molecule is CCc1ccccc1OCc1cc(F)ccc1F. The van der Waals surface area contributed by atoms with E-state index in [2.05, 4.69) is 0 Å². The molecule has 0 N–H and O–H groups in total. The lowest BCUT2D eigenvalue weighted by Gasteiger charge is -2.10. The van der Waals surface area contributed by atoms with Crippen molar-refractivity contribution in [2.45, 2.75) is 20.0 Å². The number of hydrogen-bond acceptors (Lipinski definition) is 1. The fourth-order valence-corrected chi connectivity index (χ4v) is 1.75. The van der Waals surface area contributed by atoms with Gasteiger partial charge in [-0.1, -0.05) is 25.1 Å². The molecule has 0 saturated carbocycles. The molecule has 0 unspecified atom stereocenters. The van der Waals surface area contributed by atoms with E-state index in [9.17, 15) is 8.78 Å². The van der Waals surface area contributed by atoms with Crippen LogP contribution in [-0.4, -0.2) is 0 Å². The first-order chi connectivity index (χ1) is 8.70. The quantitative estimate of drug-likeness (QED) is 0.791. The monoisotopic (exact) mass is 248 g/mol. The first kappa shape index (κ1) is 12.6. The van der Waals surface area contributed by atoms with Gasteiger partial charge in [-0.2, -0.15) is 0 Å². The van der Waals surface area contributed by atoms with Crippen molar-refractivity contribution in [2.24, 2.45) is 0 Å². The fraction of sp³-hybridized carbons (Fsp3) is 0.200. The Labute approximate surface area is 105 Å². The van der Waals surface area contributed by atoms with Gasteiger partial charge in [0, 0.05) is 5.56 Å². The van der Waals surface area contributed by atoms with Crippen molar-refractivity contribution in [3.05, 3.63) is 65.2 Å². The lowest BCUT2D eigenvalue weighted by Crippen LogP contribution is -2.01. The van der Waals surface area contributed by atoms with E-state index >= 15 is 0 Å². The van der Waals surface area contributed by atoms with Crippen molar-refractivity contribution >= 4 is 0 Å². The largest absolute Gasteiger partial charge is 0.489 e. The normalized spacial score (nSPS) is 10.4. The van der Waals surface area contributed by atoms with E-state index in [-0.39, 0.29) is 12.2 Å². The Morgan fingerprint density at radius 1 is 1.00 bits per heavy atom. The molecule has 0 bridgehead atoms. The van der Waals surface area contributed by atoms with Gasteiger partial charge in [0.1, 0.15) is 24.0 Å². The summed E-state index contributed by atoms with van der Waals surface area (Å²) in [6, 6.07) is 10.9. The second-order valence-corrected chi connectivity index (χ2v) is 3.99. The van der Waals surface area contributed by atoms with Crippen LogP contribution in [0.1, 0.15) is 18.1 Å². The number of aryl methyl sites for hydroxylation is 1. The predicted molar refractivity (Wildman–Crippen MR) is 66.5 cm³/mol. The van der Waals surface area contributed by atoms with Crippen LogP contribution in [0.5, 0.6) is 5.75 Å². The summed E-state index contributed by atoms with van der Waals surface area (Å²) >= 11 is 0. The molecule has 0 aliphatic heterocycles. The molecule has 0 heterocycles. The molecule has 0 saturated heterocycles. The summed E-state index contributed by atoms with van der Waals surface area (Å²) < 4.78 is 31.9. The number of ether oxygens (including phenoxy) is 1. The number of para-hydroxylation sites is 1. The second kappa shape index (κ2) is 5.63. The summed E-state index contributed by atoms with van der Waals surface area (Å²) in [4.78, 5) is 0. The topological polar surface area (TPSA) is 9.23 Å². The molecule has 0 spiro atoms. The lowest BCUT2D eigenvalue weighted by atomic mass is 10.1. The molecule has 2 rings (SSSR count). The van der Waals surface area contributed by atoms with Crippen LogP contribution in [-0.2, 0) is 13.0 Å². The number of hydrogen-bond donors (Lipinski definition) is 0. The molecular formula is C15H14F2O. The zero-order chi connectivity index (χ0) is 13.0. The summed E-state index contributed by atoms with van der Waals surface area (Å²) in [5.41, 5.74) is 1.27. The maximum Gasteiger partial charge on any atom is 0.130 e. The minimum Gasteiger partial charge on any atom is -0.489 e. The third kappa shape index (κ3) is 2.86. The van der Waals surface area contributed by atoms with E-state index < -0.39 is 11.6 Å². The zero-order valence-electron chi connectivity index (χ0n) is 10.1. The van der Waals surface area contributed by atoms with E-state index in [0.717, 1.165) is 30.2 Å². The van der Waals surface area contributed by atoms with E-state index in [1.54, 1.807) is 0 Å². The van der Waals surface area contributed by atoms with Gasteiger partial charge in [0.05, 0.1) is 0 Å². The van der Waals surface area contributed by atoms with Crippen molar-refractivity contribution in [3.8, 4) is 5.75 Å². The molecule has 94 valence electrons. The Morgan fingerprint density at radius 2 is 1.78 bits per heavy atom. The highest BCUT2D eigenvalue weighted by Gasteiger charge is 2.06. The summed E-state index contributed by atoms with van der Waals surface area (Å²) in [5.74, 6) is -0.201. The van der Waals surface area contributed by atoms with Crippen molar-refractivity contribution in [3.63, 3.8) is 0 Å². The Kier molecular flexibility index (Phi) is 3.92. The molecule has 1 nitrogen and oxygen atoms in total. The van der Waals surface area contributed by atoms with Gasteiger partial charge in [-0.25, -0.2) is 8.78 Å². The van der Waals surface area contributed by atoms with E-state index in [1.165, 1.54) is 0 Å². The van der Waals surface area contributed by atoms with Gasteiger partial charge in [-0.05, 0) is 36.2 Å². The van der Waals surface area contributed by atoms with E-state index in [4.69, 9.17) is 4.74 Å². The molecular weight excluding hydrogens is 234 g/mol. The molecule has 0 atom stereocenters. The molecule has 0 amide bonds. The van der Waals surface area contributed by atoms with E-state index in [0.29, 0.717) is 5.75 Å². The van der Waals surface area contributed by atoms with Crippen molar-refractivity contribution in [2.75, 3.05) is 0 Å². The minimum atomic E-state index is -0.459. The minimum absolute atomic E-state index is 0.0284. The lowest BCUT2D eigenvalue weighted by molar-refractivity contribution is 0.296. The molecule has 18 heavy (non-hydrogen) atoms. The van der Waals surface area contributed by atoms with Crippen LogP contribution >= 0.6 is 0 Å². The number of benzene rings is 2. The van der Waals surface area contributed by atoms with Crippen LogP contribution in [0.15, 0.2) is 42.5 Å². The first-order valence-corrected chi connectivity index (χ1v) is 5.85. The highest BCUT2D eigenvalue weighted by atomic mass is 19.1. The third-order valence-corrected chi connectivity index (χ3v) is 2.74. The van der Waals surface area contributed by atoms with Gasteiger partial charge in [-0.15, -0.1) is 0 Å². The predicted octanol–water partition coefficient (Wildman–Crippen LogP) is 4.11. The average molecular weight is 248 g/mol. The molecule has 0 aliphatic rings. The van der Waals surface area contributed by atoms with Crippen molar-refractivity contribution in [1.82, 2.24) is 0 Å². The standard InChI is InChI=1S/C15H14F2O/c1-2-11-5-3-4-6-15(11)18-10-12-9-13(16)7-8-14(12)17/h3-9H,2,10H2,1H3. The maximum atomic E-state index is 13.4. The van der Waals surface area contributed by atoms with Crippen LogP contribution in [0.4, 0.5) is 8.78 Å². The highest BCUT2D eigenvalue weighted by Crippen LogP contribution is 2.20. The molecule has 0 fully saturated rings. The van der Waals surface area contributed by atoms with E-state index in [1.807, 2.05) is 31.2 Å². The van der Waals surface area contributed by atoms with Crippen LogP contribution < -0.4 is 4.74 Å². The first-order valence-electron chi connectivity index (χ1n) is 5.85. The third-order valence-electron chi connectivity index (χ3n) is 2.74. The van der Waals surface area contributed by atoms with Crippen molar-refractivity contribution in [1.29, 1.82) is 0 Å². The molecule has 2 aromatic carbocycles. The van der Waals surface area contributed by atoms with Crippen LogP contribution in [0.25, 0.3) is 0 Å². The van der Waals surface area contributed by atoms with Crippen LogP contribution in [0.2, 0.25) is 0 Å². The smallest absolute Gasteiger partial charge is 0.130 e. The second-order valence-electron chi connectivity index (χ2n) is 3.99. The molecule has 3 heteroatoms.